The lowest BCUT2D eigenvalue weighted by Crippen LogP contribution is -2.27. The van der Waals surface area contributed by atoms with Crippen LogP contribution < -0.4 is 5.32 Å². The van der Waals surface area contributed by atoms with Crippen molar-refractivity contribution in [3.8, 4) is 0 Å². The van der Waals surface area contributed by atoms with Crippen LogP contribution in [-0.2, 0) is 11.3 Å². The van der Waals surface area contributed by atoms with Crippen molar-refractivity contribution in [1.29, 1.82) is 0 Å². The van der Waals surface area contributed by atoms with E-state index in [1.54, 1.807) is 13.0 Å². The van der Waals surface area contributed by atoms with E-state index in [0.29, 0.717) is 23.8 Å². The summed E-state index contributed by atoms with van der Waals surface area (Å²) in [4.78, 5) is 10.8. The summed E-state index contributed by atoms with van der Waals surface area (Å²) < 4.78 is 10.6. The van der Waals surface area contributed by atoms with E-state index in [1.807, 2.05) is 0 Å². The fourth-order valence-corrected chi connectivity index (χ4v) is 2.20. The van der Waals surface area contributed by atoms with Crippen LogP contribution in [-0.4, -0.2) is 30.8 Å². The maximum absolute atomic E-state index is 10.8. The number of aromatic carboxylic acids is 1. The molecule has 100 valence electrons. The predicted molar refractivity (Wildman–Crippen MR) is 65.7 cm³/mol. The summed E-state index contributed by atoms with van der Waals surface area (Å²) in [5, 5.41) is 12.2. The SMILES string of the molecule is Cc1cc(CNCC2CCOCC2)oc1C(=O)O. The van der Waals surface area contributed by atoms with Crippen LogP contribution in [0.25, 0.3) is 0 Å². The Bertz CT molecular complexity index is 407. The van der Waals surface area contributed by atoms with Crippen LogP contribution in [0.3, 0.4) is 0 Å². The number of hydrogen-bond acceptors (Lipinski definition) is 4. The lowest BCUT2D eigenvalue weighted by molar-refractivity contribution is 0.0648. The summed E-state index contributed by atoms with van der Waals surface area (Å²) in [6.07, 6.45) is 2.18. The van der Waals surface area contributed by atoms with Gasteiger partial charge in [-0.1, -0.05) is 0 Å². The predicted octanol–water partition coefficient (Wildman–Crippen LogP) is 1.80. The number of nitrogens with one attached hydrogen (secondary N) is 1. The molecule has 5 heteroatoms. The first-order valence-electron chi connectivity index (χ1n) is 6.28. The molecule has 0 atom stereocenters. The average molecular weight is 253 g/mol. The van der Waals surface area contributed by atoms with E-state index in [0.717, 1.165) is 32.6 Å². The summed E-state index contributed by atoms with van der Waals surface area (Å²) in [7, 11) is 0. The monoisotopic (exact) mass is 253 g/mol. The third-order valence-electron chi connectivity index (χ3n) is 3.24. The average Bonchev–Trinajstić information content (AvgIpc) is 2.72. The number of carboxylic acids is 1. The van der Waals surface area contributed by atoms with E-state index in [9.17, 15) is 4.79 Å². The van der Waals surface area contributed by atoms with Crippen molar-refractivity contribution in [2.75, 3.05) is 19.8 Å². The smallest absolute Gasteiger partial charge is 0.372 e. The van der Waals surface area contributed by atoms with Crippen molar-refractivity contribution in [3.05, 3.63) is 23.2 Å². The van der Waals surface area contributed by atoms with Gasteiger partial charge in [-0.2, -0.15) is 0 Å². The Hall–Kier alpha value is -1.33. The molecule has 1 aromatic rings. The fraction of sp³-hybridized carbons (Fsp3) is 0.615. The van der Waals surface area contributed by atoms with Gasteiger partial charge in [0.2, 0.25) is 5.76 Å². The maximum atomic E-state index is 10.8. The number of carbonyl (C=O) groups is 1. The molecule has 0 saturated carbocycles. The fourth-order valence-electron chi connectivity index (χ4n) is 2.20. The van der Waals surface area contributed by atoms with Crippen LogP contribution in [0.5, 0.6) is 0 Å². The van der Waals surface area contributed by atoms with Crippen LogP contribution in [0.1, 0.15) is 34.7 Å². The van der Waals surface area contributed by atoms with Gasteiger partial charge >= 0.3 is 5.97 Å². The van der Waals surface area contributed by atoms with Crippen LogP contribution in [0.4, 0.5) is 0 Å². The molecule has 0 aromatic carbocycles. The van der Waals surface area contributed by atoms with Gasteiger partial charge < -0.3 is 19.6 Å². The third kappa shape index (κ3) is 3.34. The number of aryl methyl sites for hydroxylation is 1. The van der Waals surface area contributed by atoms with Crippen molar-refractivity contribution in [2.45, 2.75) is 26.3 Å². The maximum Gasteiger partial charge on any atom is 0.372 e. The summed E-state index contributed by atoms with van der Waals surface area (Å²) >= 11 is 0. The molecule has 5 nitrogen and oxygen atoms in total. The highest BCUT2D eigenvalue weighted by molar-refractivity contribution is 5.86. The minimum Gasteiger partial charge on any atom is -0.475 e. The highest BCUT2D eigenvalue weighted by Gasteiger charge is 2.15. The first-order valence-corrected chi connectivity index (χ1v) is 6.28. The first-order chi connectivity index (χ1) is 8.66. The van der Waals surface area contributed by atoms with Crippen LogP contribution in [0.15, 0.2) is 10.5 Å². The zero-order valence-corrected chi connectivity index (χ0v) is 10.6. The molecule has 1 aliphatic rings. The molecule has 1 fully saturated rings. The zero-order valence-electron chi connectivity index (χ0n) is 10.6. The second-order valence-corrected chi connectivity index (χ2v) is 4.72. The van der Waals surface area contributed by atoms with Gasteiger partial charge in [0.1, 0.15) is 5.76 Å². The molecule has 2 rings (SSSR count). The summed E-state index contributed by atoms with van der Waals surface area (Å²) in [5.74, 6) is 0.353. The second-order valence-electron chi connectivity index (χ2n) is 4.72. The number of carboxylic acid groups (broad SMARTS) is 1. The van der Waals surface area contributed by atoms with Gasteiger partial charge in [-0.25, -0.2) is 4.79 Å². The van der Waals surface area contributed by atoms with Crippen LogP contribution in [0, 0.1) is 12.8 Å². The molecule has 0 aliphatic carbocycles. The molecule has 0 radical (unpaired) electrons. The minimum absolute atomic E-state index is 0.0397. The standard InChI is InChI=1S/C13H19NO4/c1-9-6-11(18-12(9)13(15)16)8-14-7-10-2-4-17-5-3-10/h6,10,14H,2-5,7-8H2,1H3,(H,15,16). The van der Waals surface area contributed by atoms with Crippen LogP contribution in [0.2, 0.25) is 0 Å². The molecule has 2 N–H and O–H groups in total. The highest BCUT2D eigenvalue weighted by Crippen LogP contribution is 2.16. The van der Waals surface area contributed by atoms with Crippen molar-refractivity contribution >= 4 is 5.97 Å². The quantitative estimate of drug-likeness (QED) is 0.837. The van der Waals surface area contributed by atoms with E-state index < -0.39 is 5.97 Å². The van der Waals surface area contributed by atoms with Gasteiger partial charge in [-0.3, -0.25) is 0 Å². The number of hydrogen-bond donors (Lipinski definition) is 2. The van der Waals surface area contributed by atoms with E-state index in [1.165, 1.54) is 0 Å². The van der Waals surface area contributed by atoms with Gasteiger partial charge in [0.15, 0.2) is 0 Å². The van der Waals surface area contributed by atoms with Crippen molar-refractivity contribution < 1.29 is 19.1 Å². The van der Waals surface area contributed by atoms with Crippen molar-refractivity contribution in [2.24, 2.45) is 5.92 Å². The molecular weight excluding hydrogens is 234 g/mol. The molecule has 0 spiro atoms. The highest BCUT2D eigenvalue weighted by atomic mass is 16.5. The van der Waals surface area contributed by atoms with Gasteiger partial charge in [0, 0.05) is 18.8 Å². The Morgan fingerprint density at radius 3 is 2.83 bits per heavy atom. The molecule has 1 aliphatic heterocycles. The van der Waals surface area contributed by atoms with Gasteiger partial charge in [-0.15, -0.1) is 0 Å². The Labute approximate surface area is 106 Å². The van der Waals surface area contributed by atoms with Gasteiger partial charge in [-0.05, 0) is 38.3 Å². The second kappa shape index (κ2) is 6.02. The Balaban J connectivity index is 1.79. The summed E-state index contributed by atoms with van der Waals surface area (Å²) in [6.45, 7) is 4.93. The summed E-state index contributed by atoms with van der Waals surface area (Å²) in [5.41, 5.74) is 0.672. The third-order valence-corrected chi connectivity index (χ3v) is 3.24. The first kappa shape index (κ1) is 13.1. The van der Waals surface area contributed by atoms with Crippen molar-refractivity contribution in [3.63, 3.8) is 0 Å². The topological polar surface area (TPSA) is 71.7 Å². The number of furan rings is 1. The Kier molecular flexibility index (Phi) is 4.38. The molecule has 0 amide bonds. The van der Waals surface area contributed by atoms with Crippen molar-refractivity contribution in [1.82, 2.24) is 5.32 Å². The molecule has 0 bridgehead atoms. The van der Waals surface area contributed by atoms with Crippen LogP contribution >= 0.6 is 0 Å². The van der Waals surface area contributed by atoms with Gasteiger partial charge in [0.25, 0.3) is 0 Å². The number of rotatable bonds is 5. The molecule has 1 saturated heterocycles. The van der Waals surface area contributed by atoms with E-state index in [-0.39, 0.29) is 5.76 Å². The number of ether oxygens (including phenoxy) is 1. The van der Waals surface area contributed by atoms with E-state index in [4.69, 9.17) is 14.3 Å². The molecule has 1 aromatic heterocycles. The largest absolute Gasteiger partial charge is 0.475 e. The lowest BCUT2D eigenvalue weighted by atomic mass is 10.0. The minimum atomic E-state index is -1.01. The van der Waals surface area contributed by atoms with E-state index in [2.05, 4.69) is 5.32 Å². The Morgan fingerprint density at radius 1 is 1.50 bits per heavy atom. The normalized spacial score (nSPS) is 16.9. The molecule has 0 unspecified atom stereocenters. The Morgan fingerprint density at radius 2 is 2.22 bits per heavy atom. The molecule has 2 heterocycles. The lowest BCUT2D eigenvalue weighted by Gasteiger charge is -2.21. The van der Waals surface area contributed by atoms with Gasteiger partial charge in [0.05, 0.1) is 6.54 Å². The molecule has 18 heavy (non-hydrogen) atoms. The van der Waals surface area contributed by atoms with E-state index >= 15 is 0 Å². The molecular formula is C13H19NO4. The summed E-state index contributed by atoms with van der Waals surface area (Å²) in [6, 6.07) is 1.78. The zero-order chi connectivity index (χ0) is 13.0.